The Morgan fingerprint density at radius 2 is 1.50 bits per heavy atom. The lowest BCUT2D eigenvalue weighted by Crippen LogP contribution is -2.60. The number of aliphatic carboxylic acids is 1. The van der Waals surface area contributed by atoms with Crippen molar-refractivity contribution in [2.45, 2.75) is 109 Å². The maximum Gasteiger partial charge on any atom is 0.326 e. The van der Waals surface area contributed by atoms with Crippen LogP contribution in [-0.4, -0.2) is 127 Å². The molecule has 1 aromatic carbocycles. The van der Waals surface area contributed by atoms with E-state index in [-0.39, 0.29) is 38.1 Å². The Hall–Kier alpha value is -4.97. The SMILES string of the molecule is CSCC[C@H](NC(=O)[C@@H](NC(=O)[C@@H]1CCCN1C(=O)[C@@H](O)[C@H](Cc1ccccc1)NC(=O)[C@@H](NC(C)=O)C(C)C)C(C)C)C(=O)N[C@@H](Cc1cnc[nH]1)C(=O)O. The number of hydrogen-bond donors (Lipinski definition) is 8. The number of hydrogen-bond acceptors (Lipinski definition) is 10. The lowest BCUT2D eigenvalue weighted by Gasteiger charge is -2.32. The first-order chi connectivity index (χ1) is 26.5. The molecule has 6 amide bonds. The molecular weight excluding hydrogens is 745 g/mol. The predicted molar refractivity (Wildman–Crippen MR) is 209 cm³/mol. The number of thioether (sulfide) groups is 1. The average Bonchev–Trinajstić information content (AvgIpc) is 3.86. The van der Waals surface area contributed by atoms with E-state index in [1.54, 1.807) is 58.0 Å². The van der Waals surface area contributed by atoms with Crippen LogP contribution >= 0.6 is 11.8 Å². The van der Waals surface area contributed by atoms with Gasteiger partial charge in [-0.2, -0.15) is 11.8 Å². The van der Waals surface area contributed by atoms with E-state index >= 15 is 0 Å². The zero-order chi connectivity index (χ0) is 41.5. The molecule has 1 aliphatic heterocycles. The number of aromatic nitrogens is 2. The lowest BCUT2D eigenvalue weighted by molar-refractivity contribution is -0.147. The van der Waals surface area contributed by atoms with Crippen molar-refractivity contribution >= 4 is 53.2 Å². The molecule has 2 heterocycles. The highest BCUT2D eigenvalue weighted by Crippen LogP contribution is 2.21. The summed E-state index contributed by atoms with van der Waals surface area (Å²) in [6.45, 7) is 8.34. The number of aliphatic hydroxyl groups is 1. The standard InChI is InChI=1S/C38H56N8O9S/c1-21(2)30(41-23(5)47)35(51)43-27(17-24-11-8-7-9-12-24)32(48)37(53)46-15-10-13-29(46)34(50)45-31(22(3)4)36(52)42-26(14-16-56-6)33(49)44-28(38(54)55)18-25-19-39-20-40-25/h7-9,11-12,19-22,26-32,48H,10,13-18H2,1-6H3,(H,39,40)(H,41,47)(H,42,52)(H,43,51)(H,44,49)(H,45,50)(H,54,55)/t26-,27-,28-,29-,30-,31-,32-/m0/s1. The second-order valence-corrected chi connectivity index (χ2v) is 15.6. The van der Waals surface area contributed by atoms with Crippen LogP contribution in [0.4, 0.5) is 0 Å². The van der Waals surface area contributed by atoms with Crippen molar-refractivity contribution < 1.29 is 43.8 Å². The van der Waals surface area contributed by atoms with E-state index in [0.717, 1.165) is 5.56 Å². The molecule has 1 aromatic heterocycles. The maximum atomic E-state index is 14.0. The van der Waals surface area contributed by atoms with Crippen LogP contribution in [0.3, 0.4) is 0 Å². The largest absolute Gasteiger partial charge is 0.480 e. The average molecular weight is 801 g/mol. The number of aliphatic hydroxyl groups excluding tert-OH is 1. The molecule has 18 heteroatoms. The molecule has 3 rings (SSSR count). The van der Waals surface area contributed by atoms with Crippen molar-refractivity contribution in [2.24, 2.45) is 11.8 Å². The van der Waals surface area contributed by atoms with Gasteiger partial charge in [0.2, 0.25) is 29.5 Å². The van der Waals surface area contributed by atoms with Gasteiger partial charge < -0.3 is 46.7 Å². The quantitative estimate of drug-likeness (QED) is 0.0844. The van der Waals surface area contributed by atoms with Crippen LogP contribution in [0, 0.1) is 11.8 Å². The number of amides is 6. The topological polar surface area (TPSA) is 252 Å². The van der Waals surface area contributed by atoms with Crippen molar-refractivity contribution in [2.75, 3.05) is 18.6 Å². The Balaban J connectivity index is 1.76. The molecular formula is C38H56N8O9S. The third-order valence-corrected chi connectivity index (χ3v) is 10.1. The van der Waals surface area contributed by atoms with E-state index in [0.29, 0.717) is 17.9 Å². The van der Waals surface area contributed by atoms with Crippen LogP contribution in [0.15, 0.2) is 42.9 Å². The first kappa shape index (κ1) is 45.4. The number of nitrogens with zero attached hydrogens (tertiary/aromatic N) is 2. The second-order valence-electron chi connectivity index (χ2n) is 14.6. The fourth-order valence-electron chi connectivity index (χ4n) is 6.42. The van der Waals surface area contributed by atoms with Crippen molar-refractivity contribution in [1.82, 2.24) is 41.5 Å². The summed E-state index contributed by atoms with van der Waals surface area (Å²) < 4.78 is 0. The van der Waals surface area contributed by atoms with E-state index in [9.17, 15) is 43.8 Å². The fourth-order valence-corrected chi connectivity index (χ4v) is 6.89. The van der Waals surface area contributed by atoms with Crippen LogP contribution < -0.4 is 26.6 Å². The highest BCUT2D eigenvalue weighted by Gasteiger charge is 2.42. The Labute approximate surface area is 331 Å². The fraction of sp³-hybridized carbons (Fsp3) is 0.579. The van der Waals surface area contributed by atoms with E-state index < -0.39 is 89.7 Å². The smallest absolute Gasteiger partial charge is 0.326 e. The number of carboxylic acids is 1. The van der Waals surface area contributed by atoms with Crippen molar-refractivity contribution in [3.8, 4) is 0 Å². The molecule has 0 unspecified atom stereocenters. The molecule has 0 bridgehead atoms. The third kappa shape index (κ3) is 13.4. The minimum Gasteiger partial charge on any atom is -0.480 e. The van der Waals surface area contributed by atoms with Crippen LogP contribution in [0.2, 0.25) is 0 Å². The van der Waals surface area contributed by atoms with Crippen molar-refractivity contribution in [1.29, 1.82) is 0 Å². The molecule has 1 fully saturated rings. The van der Waals surface area contributed by atoms with Crippen molar-refractivity contribution in [3.63, 3.8) is 0 Å². The first-order valence-electron chi connectivity index (χ1n) is 18.7. The predicted octanol–water partition coefficient (Wildman–Crippen LogP) is 0.140. The molecule has 7 atom stereocenters. The monoisotopic (exact) mass is 800 g/mol. The number of imidazole rings is 1. The van der Waals surface area contributed by atoms with E-state index in [1.165, 1.54) is 36.1 Å². The van der Waals surface area contributed by atoms with Crippen molar-refractivity contribution in [3.05, 3.63) is 54.1 Å². The summed E-state index contributed by atoms with van der Waals surface area (Å²) >= 11 is 1.43. The molecule has 0 spiro atoms. The maximum absolute atomic E-state index is 14.0. The number of nitrogens with one attached hydrogen (secondary N) is 6. The molecule has 0 saturated carbocycles. The minimum absolute atomic E-state index is 0.0604. The van der Waals surface area contributed by atoms with E-state index in [1.807, 2.05) is 6.26 Å². The highest BCUT2D eigenvalue weighted by atomic mass is 32.2. The van der Waals surface area contributed by atoms with Crippen LogP contribution in [0.5, 0.6) is 0 Å². The number of aromatic amines is 1. The molecule has 0 radical (unpaired) electrons. The summed E-state index contributed by atoms with van der Waals surface area (Å²) in [7, 11) is 0. The molecule has 8 N–H and O–H groups in total. The molecule has 1 saturated heterocycles. The number of carbonyl (C=O) groups excluding carboxylic acids is 6. The summed E-state index contributed by atoms with van der Waals surface area (Å²) in [5, 5.41) is 34.6. The van der Waals surface area contributed by atoms with Gasteiger partial charge in [0, 0.05) is 31.8 Å². The van der Waals surface area contributed by atoms with Crippen LogP contribution in [0.25, 0.3) is 0 Å². The van der Waals surface area contributed by atoms with Gasteiger partial charge in [-0.3, -0.25) is 28.8 Å². The number of carboxylic acid groups (broad SMARTS) is 1. The Morgan fingerprint density at radius 3 is 2.07 bits per heavy atom. The lowest BCUT2D eigenvalue weighted by atomic mass is 9.97. The number of carbonyl (C=O) groups is 7. The van der Waals surface area contributed by atoms with Gasteiger partial charge in [-0.15, -0.1) is 0 Å². The first-order valence-corrected chi connectivity index (χ1v) is 20.1. The molecule has 56 heavy (non-hydrogen) atoms. The summed E-state index contributed by atoms with van der Waals surface area (Å²) in [6.07, 6.45) is 3.78. The van der Waals surface area contributed by atoms with Gasteiger partial charge in [0.1, 0.15) is 30.2 Å². The van der Waals surface area contributed by atoms with E-state index in [2.05, 4.69) is 36.6 Å². The molecule has 1 aliphatic rings. The number of likely N-dealkylation sites (tertiary alicyclic amines) is 1. The van der Waals surface area contributed by atoms with Crippen LogP contribution in [0.1, 0.15) is 65.1 Å². The minimum atomic E-state index is -1.76. The molecule has 17 nitrogen and oxygen atoms in total. The van der Waals surface area contributed by atoms with Gasteiger partial charge in [-0.05, 0) is 55.1 Å². The Kier molecular flexibility index (Phi) is 17.8. The molecule has 0 aliphatic carbocycles. The van der Waals surface area contributed by atoms with Gasteiger partial charge >= 0.3 is 5.97 Å². The highest BCUT2D eigenvalue weighted by molar-refractivity contribution is 7.98. The van der Waals surface area contributed by atoms with Gasteiger partial charge in [0.05, 0.1) is 12.4 Å². The van der Waals surface area contributed by atoms with Gasteiger partial charge in [0.15, 0.2) is 6.10 Å². The summed E-state index contributed by atoms with van der Waals surface area (Å²) in [5.41, 5.74) is 1.22. The van der Waals surface area contributed by atoms with E-state index in [4.69, 9.17) is 0 Å². The number of H-pyrrole nitrogens is 1. The van der Waals surface area contributed by atoms with Gasteiger partial charge in [0.25, 0.3) is 5.91 Å². The normalized spacial score (nSPS) is 17.2. The van der Waals surface area contributed by atoms with Gasteiger partial charge in [-0.25, -0.2) is 9.78 Å². The molecule has 2 aromatic rings. The number of rotatable bonds is 21. The number of benzene rings is 1. The third-order valence-electron chi connectivity index (χ3n) is 9.49. The van der Waals surface area contributed by atoms with Crippen LogP contribution in [-0.2, 0) is 46.4 Å². The zero-order valence-corrected chi connectivity index (χ0v) is 33.6. The summed E-state index contributed by atoms with van der Waals surface area (Å²) in [5.74, 6) is -5.36. The Bertz CT molecular complexity index is 1640. The molecule has 308 valence electrons. The summed E-state index contributed by atoms with van der Waals surface area (Å²) in [4.78, 5) is 100. The Morgan fingerprint density at radius 1 is 0.875 bits per heavy atom. The second kappa shape index (κ2) is 21.9. The zero-order valence-electron chi connectivity index (χ0n) is 32.7. The summed E-state index contributed by atoms with van der Waals surface area (Å²) in [6, 6.07) is 2.31. The van der Waals surface area contributed by atoms with Gasteiger partial charge in [-0.1, -0.05) is 58.0 Å².